The van der Waals surface area contributed by atoms with Gasteiger partial charge in [-0.05, 0) is 98.3 Å². The third-order valence-electron chi connectivity index (χ3n) is 5.90. The molecule has 42 heavy (non-hydrogen) atoms. The Hall–Kier alpha value is -5.16. The summed E-state index contributed by atoms with van der Waals surface area (Å²) < 4.78 is 43.9. The molecule has 0 fully saturated rings. The van der Waals surface area contributed by atoms with Crippen LogP contribution in [-0.2, 0) is 10.0 Å². The van der Waals surface area contributed by atoms with Gasteiger partial charge in [0.2, 0.25) is 0 Å². The summed E-state index contributed by atoms with van der Waals surface area (Å²) in [4.78, 5) is 25.2. The Morgan fingerprint density at radius 3 is 2.17 bits per heavy atom. The van der Waals surface area contributed by atoms with E-state index in [1.807, 2.05) is 13.8 Å². The van der Waals surface area contributed by atoms with Gasteiger partial charge in [-0.2, -0.15) is 5.10 Å². The van der Waals surface area contributed by atoms with Crippen molar-refractivity contribution >= 4 is 33.8 Å². The van der Waals surface area contributed by atoms with Crippen molar-refractivity contribution < 1.29 is 32.2 Å². The van der Waals surface area contributed by atoms with Gasteiger partial charge in [-0.3, -0.25) is 9.52 Å². The predicted octanol–water partition coefficient (Wildman–Crippen LogP) is 5.19. The van der Waals surface area contributed by atoms with Gasteiger partial charge in [-0.15, -0.1) is 0 Å². The topological polar surface area (TPSA) is 132 Å². The molecule has 0 saturated heterocycles. The number of rotatable bonds is 11. The minimum atomic E-state index is -3.76. The van der Waals surface area contributed by atoms with Crippen LogP contribution < -0.4 is 24.4 Å². The molecule has 10 nitrogen and oxygen atoms in total. The van der Waals surface area contributed by atoms with Crippen molar-refractivity contribution in [1.82, 2.24) is 5.43 Å². The lowest BCUT2D eigenvalue weighted by atomic mass is 10.2. The smallest absolute Gasteiger partial charge is 0.343 e. The highest BCUT2D eigenvalue weighted by atomic mass is 32.2. The lowest BCUT2D eigenvalue weighted by Gasteiger charge is -2.10. The summed E-state index contributed by atoms with van der Waals surface area (Å²) in [5.74, 6) is 0.121. The second kappa shape index (κ2) is 13.5. The molecule has 0 bridgehead atoms. The minimum absolute atomic E-state index is 0.139. The van der Waals surface area contributed by atoms with Gasteiger partial charge in [-0.25, -0.2) is 18.6 Å². The molecule has 216 valence electrons. The maximum atomic E-state index is 12.6. The molecule has 0 spiro atoms. The number of anilines is 1. The summed E-state index contributed by atoms with van der Waals surface area (Å²) in [6.07, 6.45) is 1.41. The summed E-state index contributed by atoms with van der Waals surface area (Å²) in [7, 11) is -2.32. The average molecular weight is 588 g/mol. The van der Waals surface area contributed by atoms with Crippen LogP contribution in [0.5, 0.6) is 17.2 Å². The van der Waals surface area contributed by atoms with Crippen LogP contribution in [0.15, 0.2) is 101 Å². The molecular weight excluding hydrogens is 558 g/mol. The van der Waals surface area contributed by atoms with E-state index in [9.17, 15) is 18.0 Å². The number of amides is 1. The molecule has 0 saturated carbocycles. The number of aryl methyl sites for hydroxylation is 1. The Bertz CT molecular complexity index is 1680. The normalized spacial score (nSPS) is 11.1. The minimum Gasteiger partial charge on any atom is -0.494 e. The lowest BCUT2D eigenvalue weighted by molar-refractivity contribution is 0.0729. The van der Waals surface area contributed by atoms with E-state index in [1.165, 1.54) is 49.7 Å². The molecule has 0 aliphatic carbocycles. The van der Waals surface area contributed by atoms with E-state index in [-0.39, 0.29) is 16.2 Å². The van der Waals surface area contributed by atoms with E-state index in [0.717, 1.165) is 5.56 Å². The van der Waals surface area contributed by atoms with Crippen LogP contribution in [-0.4, -0.2) is 40.2 Å². The van der Waals surface area contributed by atoms with Gasteiger partial charge in [0.15, 0.2) is 11.5 Å². The maximum Gasteiger partial charge on any atom is 0.343 e. The first kappa shape index (κ1) is 29.8. The lowest BCUT2D eigenvalue weighted by Crippen LogP contribution is -2.18. The Labute approximate surface area is 244 Å². The Balaban J connectivity index is 1.34. The van der Waals surface area contributed by atoms with Gasteiger partial charge < -0.3 is 14.2 Å². The van der Waals surface area contributed by atoms with Crippen LogP contribution in [0, 0.1) is 6.92 Å². The number of hydrazone groups is 1. The summed E-state index contributed by atoms with van der Waals surface area (Å²) >= 11 is 0. The molecule has 11 heteroatoms. The second-order valence-corrected chi connectivity index (χ2v) is 10.6. The molecule has 4 rings (SSSR count). The number of nitrogens with one attached hydrogen (secondary N) is 2. The SMILES string of the molecule is CCOc1ccc(C(=O)Oc2ccc(/C=N\NC(=O)c3ccc(NS(=O)(=O)c4ccc(C)cc4)cc3)cc2OC)cc1. The van der Waals surface area contributed by atoms with Crippen LogP contribution in [0.4, 0.5) is 5.69 Å². The standard InChI is InChI=1S/C31H29N3O7S/c1-4-40-26-14-10-24(11-15-26)31(36)41-28-18-7-22(19-29(28)39-3)20-32-33-30(35)23-8-12-25(13-9-23)34-42(37,38)27-16-5-21(2)6-17-27/h5-20,34H,4H2,1-3H3,(H,33,35)/b32-20-. The van der Waals surface area contributed by atoms with E-state index in [4.69, 9.17) is 14.2 Å². The third kappa shape index (κ3) is 7.73. The van der Waals surface area contributed by atoms with Gasteiger partial charge >= 0.3 is 5.97 Å². The molecule has 0 aliphatic rings. The molecule has 0 atom stereocenters. The second-order valence-electron chi connectivity index (χ2n) is 8.95. The maximum absolute atomic E-state index is 12.6. The average Bonchev–Trinajstić information content (AvgIpc) is 2.98. The number of hydrogen-bond donors (Lipinski definition) is 2. The van der Waals surface area contributed by atoms with Gasteiger partial charge in [0.1, 0.15) is 5.75 Å². The molecule has 4 aromatic rings. The van der Waals surface area contributed by atoms with Crippen LogP contribution in [0.1, 0.15) is 38.8 Å². The number of ether oxygens (including phenoxy) is 3. The molecule has 0 aromatic heterocycles. The number of sulfonamides is 1. The number of benzene rings is 4. The number of nitrogens with zero attached hydrogens (tertiary/aromatic N) is 1. The monoisotopic (exact) mass is 587 g/mol. The molecule has 2 N–H and O–H groups in total. The van der Waals surface area contributed by atoms with Gasteiger partial charge in [0, 0.05) is 11.3 Å². The molecule has 0 heterocycles. The Morgan fingerprint density at radius 1 is 0.857 bits per heavy atom. The van der Waals surface area contributed by atoms with Crippen molar-refractivity contribution in [3.05, 3.63) is 113 Å². The fourth-order valence-electron chi connectivity index (χ4n) is 3.71. The van der Waals surface area contributed by atoms with Crippen LogP contribution in [0.2, 0.25) is 0 Å². The van der Waals surface area contributed by atoms with E-state index < -0.39 is 21.9 Å². The zero-order valence-electron chi connectivity index (χ0n) is 23.2. The van der Waals surface area contributed by atoms with Crippen LogP contribution in [0.25, 0.3) is 0 Å². The summed E-state index contributed by atoms with van der Waals surface area (Å²) in [5.41, 5.74) is 4.89. The molecule has 4 aromatic carbocycles. The molecule has 0 radical (unpaired) electrons. The number of methoxy groups -OCH3 is 1. The molecule has 0 aliphatic heterocycles. The quantitative estimate of drug-likeness (QED) is 0.107. The molecule has 0 unspecified atom stereocenters. The van der Waals surface area contributed by atoms with E-state index in [0.29, 0.717) is 34.9 Å². The Kier molecular flexibility index (Phi) is 9.56. The van der Waals surface area contributed by atoms with Crippen molar-refractivity contribution in [2.24, 2.45) is 5.10 Å². The largest absolute Gasteiger partial charge is 0.494 e. The molecule has 1 amide bonds. The first-order valence-corrected chi connectivity index (χ1v) is 14.3. The van der Waals surface area contributed by atoms with Crippen molar-refractivity contribution in [2.75, 3.05) is 18.4 Å². The van der Waals surface area contributed by atoms with E-state index in [1.54, 1.807) is 54.6 Å². The summed E-state index contributed by atoms with van der Waals surface area (Å²) in [6, 6.07) is 23.8. The third-order valence-corrected chi connectivity index (χ3v) is 7.30. The highest BCUT2D eigenvalue weighted by Crippen LogP contribution is 2.28. The first-order chi connectivity index (χ1) is 20.2. The van der Waals surface area contributed by atoms with Crippen molar-refractivity contribution in [2.45, 2.75) is 18.7 Å². The highest BCUT2D eigenvalue weighted by molar-refractivity contribution is 7.92. The van der Waals surface area contributed by atoms with Crippen molar-refractivity contribution in [3.8, 4) is 17.2 Å². The van der Waals surface area contributed by atoms with Crippen molar-refractivity contribution in [3.63, 3.8) is 0 Å². The number of esters is 1. The van der Waals surface area contributed by atoms with Crippen LogP contribution in [0.3, 0.4) is 0 Å². The van der Waals surface area contributed by atoms with Gasteiger partial charge in [0.05, 0.1) is 30.4 Å². The molecular formula is C31H29N3O7S. The Morgan fingerprint density at radius 2 is 1.52 bits per heavy atom. The highest BCUT2D eigenvalue weighted by Gasteiger charge is 2.15. The summed E-state index contributed by atoms with van der Waals surface area (Å²) in [6.45, 7) is 4.27. The zero-order valence-corrected chi connectivity index (χ0v) is 24.0. The van der Waals surface area contributed by atoms with Gasteiger partial charge in [-0.1, -0.05) is 17.7 Å². The van der Waals surface area contributed by atoms with Gasteiger partial charge in [0.25, 0.3) is 15.9 Å². The number of carbonyl (C=O) groups is 2. The van der Waals surface area contributed by atoms with E-state index >= 15 is 0 Å². The fraction of sp³-hybridized carbons (Fsp3) is 0.129. The summed E-state index contributed by atoms with van der Waals surface area (Å²) in [5, 5.41) is 3.97. The fourth-order valence-corrected chi connectivity index (χ4v) is 4.77. The number of hydrogen-bond acceptors (Lipinski definition) is 8. The first-order valence-electron chi connectivity index (χ1n) is 12.8. The van der Waals surface area contributed by atoms with Crippen LogP contribution >= 0.6 is 0 Å². The number of carbonyl (C=O) groups excluding carboxylic acids is 2. The van der Waals surface area contributed by atoms with E-state index in [2.05, 4.69) is 15.2 Å². The predicted molar refractivity (Wildman–Crippen MR) is 159 cm³/mol. The van der Waals surface area contributed by atoms with Crippen molar-refractivity contribution in [1.29, 1.82) is 0 Å². The zero-order chi connectivity index (χ0) is 30.1.